The lowest BCUT2D eigenvalue weighted by atomic mass is 9.87. The molecule has 1 aliphatic heterocycles. The molecule has 1 saturated heterocycles. The summed E-state index contributed by atoms with van der Waals surface area (Å²) in [4.78, 5) is 0. The molecular formula is C12H15F2N. The van der Waals surface area contributed by atoms with Crippen molar-refractivity contribution in [3.8, 4) is 0 Å². The molecule has 2 unspecified atom stereocenters. The molecule has 1 fully saturated rings. The maximum Gasteiger partial charge on any atom is 0.130 e. The summed E-state index contributed by atoms with van der Waals surface area (Å²) in [6.07, 6.45) is 2.22. The van der Waals surface area contributed by atoms with Gasteiger partial charge in [0, 0.05) is 17.7 Å². The van der Waals surface area contributed by atoms with Crippen molar-refractivity contribution in [3.63, 3.8) is 0 Å². The van der Waals surface area contributed by atoms with E-state index in [0.29, 0.717) is 11.5 Å². The number of hydrogen-bond donors (Lipinski definition) is 1. The van der Waals surface area contributed by atoms with Crippen LogP contribution in [0.4, 0.5) is 8.78 Å². The highest BCUT2D eigenvalue weighted by Crippen LogP contribution is 2.30. The first kappa shape index (κ1) is 10.6. The van der Waals surface area contributed by atoms with Crippen LogP contribution >= 0.6 is 0 Å². The molecule has 0 spiro atoms. The summed E-state index contributed by atoms with van der Waals surface area (Å²) in [5.74, 6) is -0.556. The molecule has 0 aromatic heterocycles. The topological polar surface area (TPSA) is 12.0 Å². The molecule has 0 aliphatic carbocycles. The zero-order valence-electron chi connectivity index (χ0n) is 8.76. The fourth-order valence-electron chi connectivity index (χ4n) is 2.22. The van der Waals surface area contributed by atoms with E-state index in [-0.39, 0.29) is 6.04 Å². The van der Waals surface area contributed by atoms with Gasteiger partial charge in [0.1, 0.15) is 11.6 Å². The highest BCUT2D eigenvalue weighted by molar-refractivity contribution is 5.23. The minimum Gasteiger partial charge on any atom is -0.310 e. The highest BCUT2D eigenvalue weighted by atomic mass is 19.1. The van der Waals surface area contributed by atoms with Crippen LogP contribution in [-0.4, -0.2) is 6.54 Å². The summed E-state index contributed by atoms with van der Waals surface area (Å²) < 4.78 is 26.3. The molecule has 82 valence electrons. The van der Waals surface area contributed by atoms with Gasteiger partial charge in [-0.25, -0.2) is 8.78 Å². The fraction of sp³-hybridized carbons (Fsp3) is 0.500. The Labute approximate surface area is 88.5 Å². The predicted octanol–water partition coefficient (Wildman–Crippen LogP) is 3.03. The lowest BCUT2D eigenvalue weighted by molar-refractivity contribution is 0.298. The molecule has 0 saturated carbocycles. The van der Waals surface area contributed by atoms with Crippen LogP contribution in [0.1, 0.15) is 31.4 Å². The monoisotopic (exact) mass is 211 g/mol. The number of rotatable bonds is 1. The molecule has 1 heterocycles. The van der Waals surface area contributed by atoms with E-state index in [1.165, 1.54) is 6.07 Å². The van der Waals surface area contributed by atoms with Crippen LogP contribution in [0.2, 0.25) is 0 Å². The van der Waals surface area contributed by atoms with Gasteiger partial charge in [0.2, 0.25) is 0 Å². The van der Waals surface area contributed by atoms with Gasteiger partial charge >= 0.3 is 0 Å². The SMILES string of the molecule is CC1CCCNC1c1ccc(F)cc1F. The van der Waals surface area contributed by atoms with Crippen LogP contribution in [0.15, 0.2) is 18.2 Å². The second-order valence-corrected chi connectivity index (χ2v) is 4.22. The third-order valence-electron chi connectivity index (χ3n) is 3.07. The third-order valence-corrected chi connectivity index (χ3v) is 3.07. The van der Waals surface area contributed by atoms with E-state index in [1.807, 2.05) is 0 Å². The Kier molecular flexibility index (Phi) is 3.00. The Hall–Kier alpha value is -0.960. The Morgan fingerprint density at radius 1 is 1.33 bits per heavy atom. The summed E-state index contributed by atoms with van der Waals surface area (Å²) in [7, 11) is 0. The molecular weight excluding hydrogens is 196 g/mol. The minimum atomic E-state index is -0.514. The number of benzene rings is 1. The van der Waals surface area contributed by atoms with Crippen molar-refractivity contribution in [2.45, 2.75) is 25.8 Å². The van der Waals surface area contributed by atoms with Crippen molar-refractivity contribution in [3.05, 3.63) is 35.4 Å². The van der Waals surface area contributed by atoms with E-state index < -0.39 is 11.6 Å². The minimum absolute atomic E-state index is 0.0272. The number of piperidine rings is 1. The van der Waals surface area contributed by atoms with Crippen molar-refractivity contribution in [2.75, 3.05) is 6.54 Å². The number of nitrogens with one attached hydrogen (secondary N) is 1. The van der Waals surface area contributed by atoms with Gasteiger partial charge in [-0.05, 0) is 31.4 Å². The molecule has 1 nitrogen and oxygen atoms in total. The summed E-state index contributed by atoms with van der Waals surface area (Å²) in [6.45, 7) is 3.01. The van der Waals surface area contributed by atoms with Crippen LogP contribution in [-0.2, 0) is 0 Å². The van der Waals surface area contributed by atoms with Crippen LogP contribution in [0, 0.1) is 17.6 Å². The highest BCUT2D eigenvalue weighted by Gasteiger charge is 2.24. The Morgan fingerprint density at radius 2 is 2.13 bits per heavy atom. The smallest absolute Gasteiger partial charge is 0.130 e. The first-order valence-electron chi connectivity index (χ1n) is 5.37. The summed E-state index contributed by atoms with van der Waals surface area (Å²) in [5, 5.41) is 3.28. The lowest BCUT2D eigenvalue weighted by Crippen LogP contribution is -2.33. The molecule has 15 heavy (non-hydrogen) atoms. The first-order valence-corrected chi connectivity index (χ1v) is 5.37. The summed E-state index contributed by atoms with van der Waals surface area (Å²) in [5.41, 5.74) is 0.587. The van der Waals surface area contributed by atoms with E-state index in [2.05, 4.69) is 12.2 Å². The van der Waals surface area contributed by atoms with Crippen molar-refractivity contribution < 1.29 is 8.78 Å². The van der Waals surface area contributed by atoms with Gasteiger partial charge in [-0.2, -0.15) is 0 Å². The Morgan fingerprint density at radius 3 is 2.80 bits per heavy atom. The zero-order valence-corrected chi connectivity index (χ0v) is 8.76. The average molecular weight is 211 g/mol. The quantitative estimate of drug-likeness (QED) is 0.753. The molecule has 3 heteroatoms. The van der Waals surface area contributed by atoms with Crippen molar-refractivity contribution in [2.24, 2.45) is 5.92 Å². The van der Waals surface area contributed by atoms with Gasteiger partial charge < -0.3 is 5.32 Å². The van der Waals surface area contributed by atoms with Gasteiger partial charge in [0.15, 0.2) is 0 Å². The zero-order chi connectivity index (χ0) is 10.8. The van der Waals surface area contributed by atoms with Crippen molar-refractivity contribution in [1.29, 1.82) is 0 Å². The van der Waals surface area contributed by atoms with Crippen molar-refractivity contribution in [1.82, 2.24) is 5.32 Å². The second-order valence-electron chi connectivity index (χ2n) is 4.22. The van der Waals surface area contributed by atoms with Gasteiger partial charge in [-0.15, -0.1) is 0 Å². The molecule has 2 atom stereocenters. The molecule has 1 N–H and O–H groups in total. The average Bonchev–Trinajstić information content (AvgIpc) is 2.20. The summed E-state index contributed by atoms with van der Waals surface area (Å²) in [6, 6.07) is 3.85. The Bertz CT molecular complexity index is 351. The third kappa shape index (κ3) is 2.17. The van der Waals surface area contributed by atoms with Crippen LogP contribution < -0.4 is 5.32 Å². The standard InChI is InChI=1S/C12H15F2N/c1-8-3-2-6-15-12(8)10-5-4-9(13)7-11(10)14/h4-5,7-8,12,15H,2-3,6H2,1H3. The molecule has 2 rings (SSSR count). The molecule has 0 amide bonds. The van der Waals surface area contributed by atoms with E-state index in [4.69, 9.17) is 0 Å². The number of hydrogen-bond acceptors (Lipinski definition) is 1. The maximum atomic E-state index is 13.5. The van der Waals surface area contributed by atoms with Crippen LogP contribution in [0.5, 0.6) is 0 Å². The van der Waals surface area contributed by atoms with Crippen LogP contribution in [0.25, 0.3) is 0 Å². The van der Waals surface area contributed by atoms with Gasteiger partial charge in [-0.3, -0.25) is 0 Å². The Balaban J connectivity index is 2.27. The lowest BCUT2D eigenvalue weighted by Gasteiger charge is -2.30. The predicted molar refractivity (Wildman–Crippen MR) is 55.5 cm³/mol. The maximum absolute atomic E-state index is 13.5. The van der Waals surface area contributed by atoms with Crippen molar-refractivity contribution >= 4 is 0 Å². The van der Waals surface area contributed by atoms with Gasteiger partial charge in [0.25, 0.3) is 0 Å². The molecule has 0 bridgehead atoms. The van der Waals surface area contributed by atoms with E-state index >= 15 is 0 Å². The molecule has 1 aliphatic rings. The fourth-order valence-corrected chi connectivity index (χ4v) is 2.22. The van der Waals surface area contributed by atoms with Gasteiger partial charge in [0.05, 0.1) is 0 Å². The molecule has 0 radical (unpaired) electrons. The molecule has 1 aromatic carbocycles. The van der Waals surface area contributed by atoms with Crippen LogP contribution in [0.3, 0.4) is 0 Å². The first-order chi connectivity index (χ1) is 7.18. The largest absolute Gasteiger partial charge is 0.310 e. The summed E-state index contributed by atoms with van der Waals surface area (Å²) >= 11 is 0. The van der Waals surface area contributed by atoms with E-state index in [1.54, 1.807) is 6.07 Å². The number of halogens is 2. The molecule has 1 aromatic rings. The van der Waals surface area contributed by atoms with Gasteiger partial charge in [-0.1, -0.05) is 13.0 Å². The second kappa shape index (κ2) is 4.27. The van der Waals surface area contributed by atoms with E-state index in [0.717, 1.165) is 25.5 Å². The van der Waals surface area contributed by atoms with E-state index in [9.17, 15) is 8.78 Å². The normalized spacial score (nSPS) is 26.6.